The molecule has 1 N–H and O–H groups in total. The van der Waals surface area contributed by atoms with E-state index in [2.05, 4.69) is 10.4 Å². The van der Waals surface area contributed by atoms with Crippen molar-refractivity contribution < 1.29 is 13.2 Å². The monoisotopic (exact) mass is 361 g/mol. The minimum absolute atomic E-state index is 0.0715. The van der Waals surface area contributed by atoms with E-state index in [4.69, 9.17) is 0 Å². The first-order chi connectivity index (χ1) is 11.5. The van der Waals surface area contributed by atoms with E-state index in [1.165, 1.54) is 0 Å². The Morgan fingerprint density at radius 1 is 1.16 bits per heavy atom. The summed E-state index contributed by atoms with van der Waals surface area (Å²) in [7, 11) is -3.19. The van der Waals surface area contributed by atoms with Crippen molar-refractivity contribution in [1.29, 1.82) is 0 Å². The van der Waals surface area contributed by atoms with Gasteiger partial charge in [0.1, 0.15) is 5.82 Å². The number of carbonyl (C=O) groups excluding carboxylic acids is 1. The summed E-state index contributed by atoms with van der Waals surface area (Å²) in [6.45, 7) is 9.85. The Kier molecular flexibility index (Phi) is 4.02. The fourth-order valence-electron chi connectivity index (χ4n) is 2.92. The Morgan fingerprint density at radius 3 is 2.44 bits per heavy atom. The second-order valence-corrected chi connectivity index (χ2v) is 9.71. The molecule has 2 heterocycles. The fourth-order valence-corrected chi connectivity index (χ4v) is 4.41. The molecule has 0 atom stereocenters. The molecule has 1 aromatic carbocycles. The Labute approximate surface area is 148 Å². The van der Waals surface area contributed by atoms with Crippen molar-refractivity contribution in [2.24, 2.45) is 0 Å². The summed E-state index contributed by atoms with van der Waals surface area (Å²) in [5, 5.41) is 7.35. The molecule has 134 valence electrons. The minimum atomic E-state index is -3.19. The highest BCUT2D eigenvalue weighted by Gasteiger charge is 2.35. The number of anilines is 1. The first kappa shape index (κ1) is 17.7. The lowest BCUT2D eigenvalue weighted by Gasteiger charge is -2.23. The molecular weight excluding hydrogens is 338 g/mol. The maximum atomic E-state index is 12.7. The molecule has 1 aromatic heterocycles. The average Bonchev–Trinajstić information content (AvgIpc) is 2.94. The van der Waals surface area contributed by atoms with Crippen molar-refractivity contribution in [3.63, 3.8) is 0 Å². The summed E-state index contributed by atoms with van der Waals surface area (Å²) in [5.74, 6) is 0.0613. The molecule has 0 saturated carbocycles. The predicted molar refractivity (Wildman–Crippen MR) is 97.4 cm³/mol. The zero-order valence-electron chi connectivity index (χ0n) is 15.2. The van der Waals surface area contributed by atoms with E-state index < -0.39 is 9.84 Å². The van der Waals surface area contributed by atoms with Gasteiger partial charge in [0.05, 0.1) is 22.7 Å². The van der Waals surface area contributed by atoms with Crippen molar-refractivity contribution in [3.05, 3.63) is 46.1 Å². The average molecular weight is 361 g/mol. The Morgan fingerprint density at radius 2 is 1.84 bits per heavy atom. The van der Waals surface area contributed by atoms with E-state index in [1.54, 1.807) is 10.7 Å². The normalized spacial score (nSPS) is 15.9. The minimum Gasteiger partial charge on any atom is -0.306 e. The number of fused-ring (bicyclic) bond motifs is 1. The molecule has 0 unspecified atom stereocenters. The van der Waals surface area contributed by atoms with Crippen LogP contribution in [0.3, 0.4) is 0 Å². The van der Waals surface area contributed by atoms with Crippen molar-refractivity contribution >= 4 is 21.6 Å². The molecule has 3 rings (SSSR count). The molecule has 25 heavy (non-hydrogen) atoms. The van der Waals surface area contributed by atoms with Gasteiger partial charge in [-0.1, -0.05) is 6.07 Å². The Bertz CT molecular complexity index is 966. The topological polar surface area (TPSA) is 81.1 Å². The number of carbonyl (C=O) groups is 1. The van der Waals surface area contributed by atoms with Crippen molar-refractivity contribution in [1.82, 2.24) is 9.78 Å². The largest absolute Gasteiger partial charge is 0.306 e. The maximum absolute atomic E-state index is 12.7. The van der Waals surface area contributed by atoms with Crippen LogP contribution in [0.25, 0.3) is 0 Å². The maximum Gasteiger partial charge on any atom is 0.256 e. The molecule has 0 spiro atoms. The van der Waals surface area contributed by atoms with E-state index in [9.17, 15) is 13.2 Å². The first-order valence-electron chi connectivity index (χ1n) is 8.18. The summed E-state index contributed by atoms with van der Waals surface area (Å²) < 4.78 is 25.6. The van der Waals surface area contributed by atoms with Crippen LogP contribution >= 0.6 is 0 Å². The lowest BCUT2D eigenvalue weighted by molar-refractivity contribution is 0.102. The van der Waals surface area contributed by atoms with Crippen molar-refractivity contribution in [2.45, 2.75) is 51.7 Å². The molecule has 0 aliphatic carbocycles. The molecule has 0 radical (unpaired) electrons. The number of hydrogen-bond donors (Lipinski definition) is 1. The van der Waals surface area contributed by atoms with E-state index in [0.717, 1.165) is 11.1 Å². The fraction of sp³-hybridized carbons (Fsp3) is 0.444. The second kappa shape index (κ2) is 5.69. The summed E-state index contributed by atoms with van der Waals surface area (Å²) >= 11 is 0. The van der Waals surface area contributed by atoms with Crippen LogP contribution in [0, 0.1) is 13.8 Å². The van der Waals surface area contributed by atoms with Gasteiger partial charge < -0.3 is 5.32 Å². The van der Waals surface area contributed by atoms with E-state index in [-0.39, 0.29) is 23.0 Å². The van der Waals surface area contributed by atoms with Crippen LogP contribution < -0.4 is 5.32 Å². The van der Waals surface area contributed by atoms with Crippen LogP contribution in [-0.2, 0) is 26.9 Å². The predicted octanol–water partition coefficient (Wildman–Crippen LogP) is 2.94. The van der Waals surface area contributed by atoms with Crippen molar-refractivity contribution in [3.8, 4) is 0 Å². The van der Waals surface area contributed by atoms with Crippen LogP contribution in [0.5, 0.6) is 0 Å². The molecule has 6 nitrogen and oxygen atoms in total. The third-order valence-corrected chi connectivity index (χ3v) is 5.87. The summed E-state index contributed by atoms with van der Waals surface area (Å²) in [4.78, 5) is 12.7. The van der Waals surface area contributed by atoms with Gasteiger partial charge in [0.25, 0.3) is 5.91 Å². The summed E-state index contributed by atoms with van der Waals surface area (Å²) in [6.07, 6.45) is 0. The lowest BCUT2D eigenvalue weighted by Crippen LogP contribution is -2.27. The van der Waals surface area contributed by atoms with Crippen LogP contribution in [0.4, 0.5) is 5.82 Å². The second-order valence-electron chi connectivity index (χ2n) is 7.64. The van der Waals surface area contributed by atoms with Crippen LogP contribution in [-0.4, -0.2) is 24.1 Å². The highest BCUT2D eigenvalue weighted by atomic mass is 32.2. The highest BCUT2D eigenvalue weighted by molar-refractivity contribution is 7.90. The molecule has 2 aromatic rings. The first-order valence-corrected chi connectivity index (χ1v) is 10.0. The van der Waals surface area contributed by atoms with Gasteiger partial charge in [-0.3, -0.25) is 4.79 Å². The molecule has 7 heteroatoms. The highest BCUT2D eigenvalue weighted by Crippen LogP contribution is 2.34. The number of benzene rings is 1. The van der Waals surface area contributed by atoms with Gasteiger partial charge >= 0.3 is 0 Å². The molecular formula is C18H23N3O3S. The zero-order chi connectivity index (χ0) is 18.6. The molecule has 1 aliphatic heterocycles. The van der Waals surface area contributed by atoms with Gasteiger partial charge in [-0.05, 0) is 57.9 Å². The number of nitrogens with one attached hydrogen (secondary N) is 1. The summed E-state index contributed by atoms with van der Waals surface area (Å²) in [5.41, 5.74) is 3.45. The number of rotatable bonds is 2. The van der Waals surface area contributed by atoms with Gasteiger partial charge in [-0.25, -0.2) is 13.1 Å². The van der Waals surface area contributed by atoms with Gasteiger partial charge in [0, 0.05) is 11.1 Å². The molecule has 1 aliphatic rings. The number of amides is 1. The third-order valence-electron chi connectivity index (χ3n) is 4.42. The molecule has 0 saturated heterocycles. The quantitative estimate of drug-likeness (QED) is 0.892. The Hall–Kier alpha value is -2.15. The number of aromatic nitrogens is 2. The number of aryl methyl sites for hydroxylation is 2. The van der Waals surface area contributed by atoms with Crippen LogP contribution in [0.15, 0.2) is 18.2 Å². The van der Waals surface area contributed by atoms with Gasteiger partial charge in [0.15, 0.2) is 9.84 Å². The molecule has 1 amide bonds. The number of nitrogens with zero attached hydrogens (tertiary/aromatic N) is 2. The number of hydrogen-bond acceptors (Lipinski definition) is 4. The standard InChI is InChI=1S/C18H23N3O3S/c1-11-6-7-13(8-12(11)2)17(22)19-16-14-9-25(23,24)10-15(14)20-21(16)18(3,4)5/h6-8H,9-10H2,1-5H3,(H,19,22). The van der Waals surface area contributed by atoms with Crippen LogP contribution in [0.2, 0.25) is 0 Å². The molecule has 0 fully saturated rings. The Balaban J connectivity index is 2.02. The lowest BCUT2D eigenvalue weighted by atomic mass is 10.1. The zero-order valence-corrected chi connectivity index (χ0v) is 16.0. The van der Waals surface area contributed by atoms with Crippen molar-refractivity contribution in [2.75, 3.05) is 5.32 Å². The van der Waals surface area contributed by atoms with Gasteiger partial charge in [-0.15, -0.1) is 0 Å². The van der Waals surface area contributed by atoms with E-state index in [0.29, 0.717) is 22.6 Å². The van der Waals surface area contributed by atoms with Gasteiger partial charge in [0.2, 0.25) is 0 Å². The smallest absolute Gasteiger partial charge is 0.256 e. The summed E-state index contributed by atoms with van der Waals surface area (Å²) in [6, 6.07) is 5.51. The number of sulfone groups is 1. The van der Waals surface area contributed by atoms with E-state index >= 15 is 0 Å². The van der Waals surface area contributed by atoms with E-state index in [1.807, 2.05) is 46.8 Å². The van der Waals surface area contributed by atoms with Gasteiger partial charge in [-0.2, -0.15) is 5.10 Å². The third kappa shape index (κ3) is 3.33. The SMILES string of the molecule is Cc1ccc(C(=O)Nc2c3c(nn2C(C)(C)C)CS(=O)(=O)C3)cc1C. The molecule has 0 bridgehead atoms. The van der Waals surface area contributed by atoms with Crippen LogP contribution in [0.1, 0.15) is 53.5 Å².